The van der Waals surface area contributed by atoms with Gasteiger partial charge < -0.3 is 20.1 Å². The lowest BCUT2D eigenvalue weighted by Crippen LogP contribution is -2.50. The maximum atomic E-state index is 12.3. The van der Waals surface area contributed by atoms with E-state index in [9.17, 15) is 9.59 Å². The summed E-state index contributed by atoms with van der Waals surface area (Å²) in [6.45, 7) is 10.6. The number of hydrogen-bond acceptors (Lipinski definition) is 4. The fraction of sp³-hybridized carbons (Fsp3) is 0.875. The van der Waals surface area contributed by atoms with E-state index >= 15 is 0 Å². The first-order chi connectivity index (χ1) is 10.2. The van der Waals surface area contributed by atoms with Gasteiger partial charge in [0.2, 0.25) is 5.91 Å². The van der Waals surface area contributed by atoms with Crippen LogP contribution in [0, 0.1) is 5.92 Å². The Balaban J connectivity index is 2.50. The van der Waals surface area contributed by atoms with Gasteiger partial charge in [0.25, 0.3) is 0 Å². The van der Waals surface area contributed by atoms with Gasteiger partial charge in [0.1, 0.15) is 11.6 Å². The van der Waals surface area contributed by atoms with Crippen LogP contribution in [0.4, 0.5) is 4.79 Å². The molecule has 2 N–H and O–H groups in total. The molecule has 0 aromatic rings. The Morgan fingerprint density at radius 1 is 1.32 bits per heavy atom. The molecule has 128 valence electrons. The van der Waals surface area contributed by atoms with Crippen LogP contribution in [-0.4, -0.2) is 42.9 Å². The van der Waals surface area contributed by atoms with Crippen molar-refractivity contribution in [3.8, 4) is 0 Å². The monoisotopic (exact) mass is 314 g/mol. The van der Waals surface area contributed by atoms with Gasteiger partial charge in [-0.25, -0.2) is 4.79 Å². The largest absolute Gasteiger partial charge is 0.444 e. The zero-order valence-electron chi connectivity index (χ0n) is 14.4. The van der Waals surface area contributed by atoms with Crippen molar-refractivity contribution in [1.82, 2.24) is 10.6 Å². The third-order valence-corrected chi connectivity index (χ3v) is 3.24. The van der Waals surface area contributed by atoms with Crippen LogP contribution in [0.3, 0.4) is 0 Å². The second kappa shape index (κ2) is 8.36. The van der Waals surface area contributed by atoms with Crippen LogP contribution in [0.2, 0.25) is 0 Å². The first kappa shape index (κ1) is 18.7. The highest BCUT2D eigenvalue weighted by atomic mass is 16.6. The summed E-state index contributed by atoms with van der Waals surface area (Å²) in [7, 11) is 0. The molecule has 0 radical (unpaired) electrons. The highest BCUT2D eigenvalue weighted by Gasteiger charge is 2.26. The molecule has 1 aliphatic rings. The van der Waals surface area contributed by atoms with Crippen LogP contribution in [0.15, 0.2) is 0 Å². The summed E-state index contributed by atoms with van der Waals surface area (Å²) in [5, 5.41) is 5.53. The Bertz CT molecular complexity index is 371. The Kier molecular flexibility index (Phi) is 7.13. The highest BCUT2D eigenvalue weighted by molar-refractivity contribution is 5.85. The molecule has 2 atom stereocenters. The van der Waals surface area contributed by atoms with Gasteiger partial charge in [0.15, 0.2) is 0 Å². The molecule has 0 bridgehead atoms. The van der Waals surface area contributed by atoms with Gasteiger partial charge in [-0.1, -0.05) is 13.8 Å². The predicted octanol–water partition coefficient (Wildman–Crippen LogP) is 2.22. The zero-order chi connectivity index (χ0) is 16.8. The van der Waals surface area contributed by atoms with E-state index in [-0.39, 0.29) is 17.9 Å². The van der Waals surface area contributed by atoms with Gasteiger partial charge in [0, 0.05) is 13.2 Å². The van der Waals surface area contributed by atoms with Crippen LogP contribution >= 0.6 is 0 Å². The van der Waals surface area contributed by atoms with E-state index in [1.165, 1.54) is 0 Å². The molecule has 0 spiro atoms. The summed E-state index contributed by atoms with van der Waals surface area (Å²) in [4.78, 5) is 24.2. The molecule has 0 aromatic heterocycles. The Morgan fingerprint density at radius 3 is 2.50 bits per heavy atom. The molecule has 0 saturated carbocycles. The lowest BCUT2D eigenvalue weighted by atomic mass is 10.0. The summed E-state index contributed by atoms with van der Waals surface area (Å²) in [5.74, 6) is 0.100. The molecule has 1 rings (SSSR count). The second-order valence-corrected chi connectivity index (χ2v) is 7.21. The molecule has 1 heterocycles. The van der Waals surface area contributed by atoms with Gasteiger partial charge in [-0.3, -0.25) is 4.79 Å². The number of ether oxygens (including phenoxy) is 2. The van der Waals surface area contributed by atoms with E-state index in [1.807, 2.05) is 13.8 Å². The van der Waals surface area contributed by atoms with Crippen molar-refractivity contribution in [3.05, 3.63) is 0 Å². The molecule has 1 saturated heterocycles. The summed E-state index contributed by atoms with van der Waals surface area (Å²) < 4.78 is 10.7. The van der Waals surface area contributed by atoms with Gasteiger partial charge >= 0.3 is 6.09 Å². The molecular weight excluding hydrogens is 284 g/mol. The first-order valence-corrected chi connectivity index (χ1v) is 8.06. The third-order valence-electron chi connectivity index (χ3n) is 3.24. The fourth-order valence-corrected chi connectivity index (χ4v) is 2.30. The normalized spacial score (nSPS) is 19.8. The molecule has 2 unspecified atom stereocenters. The number of hydrogen-bond donors (Lipinski definition) is 2. The van der Waals surface area contributed by atoms with Crippen molar-refractivity contribution in [3.63, 3.8) is 0 Å². The lowest BCUT2D eigenvalue weighted by Gasteiger charge is -2.24. The van der Waals surface area contributed by atoms with Crippen LogP contribution in [0.1, 0.15) is 53.9 Å². The Hall–Kier alpha value is -1.30. The van der Waals surface area contributed by atoms with E-state index < -0.39 is 17.7 Å². The second-order valence-electron chi connectivity index (χ2n) is 7.21. The molecule has 1 fully saturated rings. The smallest absolute Gasteiger partial charge is 0.408 e. The summed E-state index contributed by atoms with van der Waals surface area (Å²) in [5.41, 5.74) is -0.583. The fourth-order valence-electron chi connectivity index (χ4n) is 2.30. The van der Waals surface area contributed by atoms with Crippen molar-refractivity contribution in [1.29, 1.82) is 0 Å². The molecule has 22 heavy (non-hydrogen) atoms. The van der Waals surface area contributed by atoms with E-state index in [0.717, 1.165) is 19.4 Å². The quantitative estimate of drug-likeness (QED) is 0.788. The minimum Gasteiger partial charge on any atom is -0.444 e. The van der Waals surface area contributed by atoms with Gasteiger partial charge in [-0.2, -0.15) is 0 Å². The van der Waals surface area contributed by atoms with E-state index in [1.54, 1.807) is 20.8 Å². The van der Waals surface area contributed by atoms with Gasteiger partial charge in [0.05, 0.1) is 6.10 Å². The number of amides is 2. The molecular formula is C16H30N2O4. The Labute approximate surface area is 133 Å². The minimum absolute atomic E-state index is 0.0881. The number of carbonyl (C=O) groups is 2. The average Bonchev–Trinajstić information content (AvgIpc) is 2.85. The molecule has 0 aromatic carbocycles. The van der Waals surface area contributed by atoms with Gasteiger partial charge in [-0.15, -0.1) is 0 Å². The van der Waals surface area contributed by atoms with Crippen LogP contribution in [-0.2, 0) is 14.3 Å². The van der Waals surface area contributed by atoms with E-state index in [2.05, 4.69) is 10.6 Å². The number of nitrogens with one attached hydrogen (secondary N) is 2. The minimum atomic E-state index is -0.587. The first-order valence-electron chi connectivity index (χ1n) is 8.06. The van der Waals surface area contributed by atoms with Crippen molar-refractivity contribution >= 4 is 12.0 Å². The number of alkyl carbamates (subject to hydrolysis) is 1. The maximum absolute atomic E-state index is 12.3. The predicted molar refractivity (Wildman–Crippen MR) is 84.6 cm³/mol. The van der Waals surface area contributed by atoms with Crippen molar-refractivity contribution in [2.45, 2.75) is 71.6 Å². The maximum Gasteiger partial charge on any atom is 0.408 e. The van der Waals surface area contributed by atoms with Gasteiger partial charge in [-0.05, 0) is 46.0 Å². The Morgan fingerprint density at radius 2 is 2.00 bits per heavy atom. The zero-order valence-corrected chi connectivity index (χ0v) is 14.4. The van der Waals surface area contributed by atoms with Crippen molar-refractivity contribution in [2.75, 3.05) is 13.2 Å². The lowest BCUT2D eigenvalue weighted by molar-refractivity contribution is -0.124. The van der Waals surface area contributed by atoms with Crippen molar-refractivity contribution < 1.29 is 19.1 Å². The third kappa shape index (κ3) is 7.64. The van der Waals surface area contributed by atoms with Crippen LogP contribution in [0.25, 0.3) is 0 Å². The van der Waals surface area contributed by atoms with E-state index in [4.69, 9.17) is 9.47 Å². The summed E-state index contributed by atoms with van der Waals surface area (Å²) in [6, 6.07) is -0.587. The van der Waals surface area contributed by atoms with Crippen molar-refractivity contribution in [2.24, 2.45) is 5.92 Å². The molecule has 2 amide bonds. The highest BCUT2D eigenvalue weighted by Crippen LogP contribution is 2.12. The van der Waals surface area contributed by atoms with Crippen LogP contribution < -0.4 is 10.6 Å². The number of rotatable bonds is 6. The summed E-state index contributed by atoms with van der Waals surface area (Å²) >= 11 is 0. The van der Waals surface area contributed by atoms with E-state index in [0.29, 0.717) is 13.0 Å². The number of carbonyl (C=O) groups excluding carboxylic acids is 2. The summed E-state index contributed by atoms with van der Waals surface area (Å²) in [6.07, 6.45) is 2.09. The molecule has 6 nitrogen and oxygen atoms in total. The molecule has 0 aliphatic carbocycles. The SMILES string of the molecule is CC(C)CC(NC(=O)OC(C)(C)C)C(=O)NCC1CCCO1. The molecule has 6 heteroatoms. The average molecular weight is 314 g/mol. The molecule has 1 aliphatic heterocycles. The van der Waals surface area contributed by atoms with Crippen LogP contribution in [0.5, 0.6) is 0 Å². The topological polar surface area (TPSA) is 76.7 Å². The standard InChI is InChI=1S/C16H30N2O4/c1-11(2)9-13(18-15(20)22-16(3,4)5)14(19)17-10-12-7-6-8-21-12/h11-13H,6-10H2,1-5H3,(H,17,19)(H,18,20).